The minimum Gasteiger partial charge on any atom is -0.493 e. The minimum absolute atomic E-state index is 0.674. The van der Waals surface area contributed by atoms with Gasteiger partial charge in [0.25, 0.3) is 0 Å². The van der Waals surface area contributed by atoms with Gasteiger partial charge in [0.1, 0.15) is 12.4 Å². The van der Waals surface area contributed by atoms with Crippen LogP contribution in [0.3, 0.4) is 0 Å². The van der Waals surface area contributed by atoms with Crippen LogP contribution in [0.2, 0.25) is 0 Å². The van der Waals surface area contributed by atoms with Crippen LogP contribution < -0.4 is 19.5 Å². The number of benzene rings is 2. The Kier molecular flexibility index (Phi) is 8.00. The molecule has 0 atom stereocenters. The van der Waals surface area contributed by atoms with E-state index in [2.05, 4.69) is 44.4 Å². The quantitative estimate of drug-likeness (QED) is 0.518. The molecule has 168 valence electrons. The number of likely N-dealkylation sites (N-methyl/N-ethyl adjacent to an activating group) is 1. The molecule has 0 aliphatic carbocycles. The zero-order valence-electron chi connectivity index (χ0n) is 19.3. The molecular formula is C24H34N4O3. The Bertz CT molecular complexity index is 898. The smallest absolute Gasteiger partial charge is 0.194 e. The lowest BCUT2D eigenvalue weighted by Crippen LogP contribution is -2.43. The highest BCUT2D eigenvalue weighted by molar-refractivity contribution is 5.80. The lowest BCUT2D eigenvalue weighted by molar-refractivity contribution is 0.261. The predicted octanol–water partition coefficient (Wildman–Crippen LogP) is 2.78. The maximum atomic E-state index is 5.85. The standard InChI is InChI=1S/C24H34N4O3/c1-25-24(26-16-18-7-6-8-21(13-18)31-12-11-27(2)3)28-10-9-19-14-22(29-4)23(30-5)15-20(19)17-28/h6-8,13-15H,9-12,16-17H2,1-5H3,(H,25,26). The molecule has 2 aromatic carbocycles. The molecule has 0 amide bonds. The summed E-state index contributed by atoms with van der Waals surface area (Å²) in [5, 5.41) is 3.50. The highest BCUT2D eigenvalue weighted by Gasteiger charge is 2.21. The number of fused-ring (bicyclic) bond motifs is 1. The first-order valence-corrected chi connectivity index (χ1v) is 10.6. The van der Waals surface area contributed by atoms with Crippen LogP contribution in [0.1, 0.15) is 16.7 Å². The van der Waals surface area contributed by atoms with Crippen molar-refractivity contribution in [2.24, 2.45) is 4.99 Å². The predicted molar refractivity (Wildman–Crippen MR) is 124 cm³/mol. The SMILES string of the molecule is CN=C(NCc1cccc(OCCN(C)C)c1)N1CCc2cc(OC)c(OC)cc2C1. The van der Waals surface area contributed by atoms with E-state index in [-0.39, 0.29) is 0 Å². The molecule has 2 aromatic rings. The molecule has 1 aliphatic heterocycles. The van der Waals surface area contributed by atoms with E-state index in [9.17, 15) is 0 Å². The summed E-state index contributed by atoms with van der Waals surface area (Å²) < 4.78 is 16.8. The summed E-state index contributed by atoms with van der Waals surface area (Å²) in [6.07, 6.45) is 0.936. The number of nitrogens with one attached hydrogen (secondary N) is 1. The van der Waals surface area contributed by atoms with Crippen LogP contribution in [0, 0.1) is 0 Å². The Balaban J connectivity index is 1.61. The van der Waals surface area contributed by atoms with Gasteiger partial charge in [0, 0.05) is 33.2 Å². The number of guanidine groups is 1. The number of rotatable bonds is 8. The van der Waals surface area contributed by atoms with E-state index < -0.39 is 0 Å². The van der Waals surface area contributed by atoms with Gasteiger partial charge in [-0.3, -0.25) is 4.99 Å². The van der Waals surface area contributed by atoms with E-state index >= 15 is 0 Å². The Labute approximate surface area is 185 Å². The molecule has 1 N–H and O–H groups in total. The number of ether oxygens (including phenoxy) is 3. The zero-order chi connectivity index (χ0) is 22.2. The van der Waals surface area contributed by atoms with Crippen LogP contribution in [0.4, 0.5) is 0 Å². The van der Waals surface area contributed by atoms with Crippen LogP contribution in [0.15, 0.2) is 41.4 Å². The first kappa shape index (κ1) is 22.7. The monoisotopic (exact) mass is 426 g/mol. The van der Waals surface area contributed by atoms with Crippen molar-refractivity contribution < 1.29 is 14.2 Å². The molecule has 31 heavy (non-hydrogen) atoms. The van der Waals surface area contributed by atoms with Crippen LogP contribution in [0.25, 0.3) is 0 Å². The number of hydrogen-bond donors (Lipinski definition) is 1. The van der Waals surface area contributed by atoms with Gasteiger partial charge in [-0.25, -0.2) is 0 Å². The normalized spacial score (nSPS) is 13.7. The first-order valence-electron chi connectivity index (χ1n) is 10.6. The van der Waals surface area contributed by atoms with E-state index in [0.717, 1.165) is 54.8 Å². The second kappa shape index (κ2) is 10.9. The average Bonchev–Trinajstić information content (AvgIpc) is 2.78. The van der Waals surface area contributed by atoms with Crippen molar-refractivity contribution in [3.05, 3.63) is 53.1 Å². The second-order valence-electron chi connectivity index (χ2n) is 7.85. The van der Waals surface area contributed by atoms with Gasteiger partial charge in [-0.1, -0.05) is 12.1 Å². The Morgan fingerprint density at radius 1 is 1.10 bits per heavy atom. The first-order chi connectivity index (χ1) is 15.0. The van der Waals surface area contributed by atoms with Crippen molar-refractivity contribution in [3.8, 4) is 17.2 Å². The van der Waals surface area contributed by atoms with Gasteiger partial charge >= 0.3 is 0 Å². The molecule has 3 rings (SSSR count). The summed E-state index contributed by atoms with van der Waals surface area (Å²) in [6.45, 7) is 3.93. The third kappa shape index (κ3) is 6.04. The molecule has 7 heteroatoms. The van der Waals surface area contributed by atoms with Crippen LogP contribution >= 0.6 is 0 Å². The van der Waals surface area contributed by atoms with Crippen LogP contribution in [0.5, 0.6) is 17.2 Å². The van der Waals surface area contributed by atoms with Gasteiger partial charge in [-0.05, 0) is 61.5 Å². The van der Waals surface area contributed by atoms with Gasteiger partial charge in [0.05, 0.1) is 14.2 Å². The fraction of sp³-hybridized carbons (Fsp3) is 0.458. The average molecular weight is 427 g/mol. The zero-order valence-corrected chi connectivity index (χ0v) is 19.3. The van der Waals surface area contributed by atoms with Gasteiger partial charge in [-0.2, -0.15) is 0 Å². The summed E-state index contributed by atoms with van der Waals surface area (Å²) in [6, 6.07) is 12.4. The van der Waals surface area contributed by atoms with Gasteiger partial charge in [-0.15, -0.1) is 0 Å². The lowest BCUT2D eigenvalue weighted by Gasteiger charge is -2.32. The molecule has 0 aromatic heterocycles. The van der Waals surface area contributed by atoms with Crippen molar-refractivity contribution in [2.45, 2.75) is 19.5 Å². The third-order valence-corrected chi connectivity index (χ3v) is 5.39. The molecule has 1 heterocycles. The maximum absolute atomic E-state index is 5.85. The summed E-state index contributed by atoms with van der Waals surface area (Å²) in [4.78, 5) is 8.88. The van der Waals surface area contributed by atoms with Crippen LogP contribution in [-0.2, 0) is 19.5 Å². The highest BCUT2D eigenvalue weighted by atomic mass is 16.5. The Hall–Kier alpha value is -2.93. The fourth-order valence-corrected chi connectivity index (χ4v) is 3.67. The molecule has 1 aliphatic rings. The van der Waals surface area contributed by atoms with Gasteiger partial charge < -0.3 is 29.3 Å². The van der Waals surface area contributed by atoms with E-state index in [1.165, 1.54) is 11.1 Å². The largest absolute Gasteiger partial charge is 0.493 e. The molecule has 0 radical (unpaired) electrons. The Morgan fingerprint density at radius 3 is 2.52 bits per heavy atom. The summed E-state index contributed by atoms with van der Waals surface area (Å²) in [5.74, 6) is 3.32. The molecule has 0 bridgehead atoms. The van der Waals surface area contributed by atoms with Crippen molar-refractivity contribution >= 4 is 5.96 Å². The van der Waals surface area contributed by atoms with Gasteiger partial charge in [0.15, 0.2) is 17.5 Å². The van der Waals surface area contributed by atoms with Crippen molar-refractivity contribution in [2.75, 3.05) is 55.1 Å². The molecule has 7 nitrogen and oxygen atoms in total. The van der Waals surface area contributed by atoms with Gasteiger partial charge in [0.2, 0.25) is 0 Å². The van der Waals surface area contributed by atoms with Crippen molar-refractivity contribution in [1.29, 1.82) is 0 Å². The Morgan fingerprint density at radius 2 is 1.84 bits per heavy atom. The van der Waals surface area contributed by atoms with E-state index in [4.69, 9.17) is 14.2 Å². The maximum Gasteiger partial charge on any atom is 0.194 e. The summed E-state index contributed by atoms with van der Waals surface area (Å²) >= 11 is 0. The lowest BCUT2D eigenvalue weighted by atomic mass is 9.99. The summed E-state index contributed by atoms with van der Waals surface area (Å²) in [7, 11) is 9.26. The highest BCUT2D eigenvalue weighted by Crippen LogP contribution is 2.33. The molecular weight excluding hydrogens is 392 g/mol. The van der Waals surface area contributed by atoms with E-state index in [1.807, 2.05) is 33.3 Å². The number of hydrogen-bond acceptors (Lipinski definition) is 5. The summed E-state index contributed by atoms with van der Waals surface area (Å²) in [5.41, 5.74) is 3.70. The van der Waals surface area contributed by atoms with Crippen molar-refractivity contribution in [1.82, 2.24) is 15.1 Å². The molecule has 0 spiro atoms. The second-order valence-corrected chi connectivity index (χ2v) is 7.85. The number of methoxy groups -OCH3 is 2. The van der Waals surface area contributed by atoms with Crippen LogP contribution in [-0.4, -0.2) is 70.8 Å². The minimum atomic E-state index is 0.674. The van der Waals surface area contributed by atoms with E-state index in [1.54, 1.807) is 14.2 Å². The fourth-order valence-electron chi connectivity index (χ4n) is 3.67. The topological polar surface area (TPSA) is 58.6 Å². The number of aliphatic imine (C=N–C) groups is 1. The third-order valence-electron chi connectivity index (χ3n) is 5.39. The van der Waals surface area contributed by atoms with E-state index in [0.29, 0.717) is 13.2 Å². The van der Waals surface area contributed by atoms with Crippen molar-refractivity contribution in [3.63, 3.8) is 0 Å². The molecule has 0 saturated carbocycles. The molecule has 0 saturated heterocycles. The number of nitrogens with zero attached hydrogens (tertiary/aromatic N) is 3. The molecule has 0 unspecified atom stereocenters. The molecule has 0 fully saturated rings.